The smallest absolute Gasteiger partial charge is 0.330 e. The predicted molar refractivity (Wildman–Crippen MR) is 71.1 cm³/mol. The van der Waals surface area contributed by atoms with Crippen molar-refractivity contribution in [1.29, 1.82) is 0 Å². The van der Waals surface area contributed by atoms with E-state index in [1.54, 1.807) is 0 Å². The molecule has 0 aromatic carbocycles. The van der Waals surface area contributed by atoms with Crippen LogP contribution >= 0.6 is 0 Å². The second-order valence-electron chi connectivity index (χ2n) is 4.20. The normalized spacial score (nSPS) is 11.6. The maximum atomic E-state index is 11.1. The van der Waals surface area contributed by atoms with Crippen LogP contribution in [0.5, 0.6) is 0 Å². The van der Waals surface area contributed by atoms with Crippen molar-refractivity contribution in [2.45, 2.75) is 20.3 Å². The third kappa shape index (κ3) is 10.0. The third-order valence-corrected chi connectivity index (χ3v) is 2.43. The Morgan fingerprint density at radius 2 is 1.94 bits per heavy atom. The van der Waals surface area contributed by atoms with Crippen LogP contribution in [0.25, 0.3) is 0 Å². The lowest BCUT2D eigenvalue weighted by Gasteiger charge is -2.19. The summed E-state index contributed by atoms with van der Waals surface area (Å²) in [6.07, 6.45) is 4.53. The lowest BCUT2D eigenvalue weighted by atomic mass is 10.3. The average molecular weight is 242 g/mol. The Kier molecular flexibility index (Phi) is 9.77. The van der Waals surface area contributed by atoms with E-state index in [-0.39, 0.29) is 5.97 Å². The van der Waals surface area contributed by atoms with Crippen molar-refractivity contribution in [3.63, 3.8) is 0 Å². The number of likely N-dealkylation sites (N-methyl/N-ethyl adjacent to an activating group) is 1. The molecular weight excluding hydrogens is 216 g/mol. The van der Waals surface area contributed by atoms with Gasteiger partial charge in [0.05, 0.1) is 6.61 Å². The van der Waals surface area contributed by atoms with Crippen molar-refractivity contribution in [2.24, 2.45) is 0 Å². The summed E-state index contributed by atoms with van der Waals surface area (Å²) in [5.74, 6) is -0.253. The van der Waals surface area contributed by atoms with E-state index < -0.39 is 0 Å². The van der Waals surface area contributed by atoms with Gasteiger partial charge in [0.2, 0.25) is 0 Å². The van der Waals surface area contributed by atoms with Crippen LogP contribution in [-0.2, 0) is 9.53 Å². The second-order valence-corrected chi connectivity index (χ2v) is 4.20. The molecule has 17 heavy (non-hydrogen) atoms. The summed E-state index contributed by atoms with van der Waals surface area (Å²) in [5.41, 5.74) is 0. The standard InChI is InChI=1S/C13H26N2O2/c1-5-15(12-8-10-14(3)4)11-7-9-13(16)17-6-2/h7,9H,5-6,8,10-12H2,1-4H3/b9-7+. The molecule has 0 saturated carbocycles. The van der Waals surface area contributed by atoms with E-state index in [1.807, 2.05) is 13.0 Å². The van der Waals surface area contributed by atoms with Crippen LogP contribution < -0.4 is 0 Å². The van der Waals surface area contributed by atoms with Crippen LogP contribution in [-0.4, -0.2) is 62.7 Å². The molecule has 0 radical (unpaired) electrons. The largest absolute Gasteiger partial charge is 0.463 e. The van der Waals surface area contributed by atoms with Gasteiger partial charge in [-0.05, 0) is 47.1 Å². The summed E-state index contributed by atoms with van der Waals surface area (Å²) in [4.78, 5) is 15.6. The Morgan fingerprint density at radius 1 is 1.24 bits per heavy atom. The Morgan fingerprint density at radius 3 is 2.47 bits per heavy atom. The average Bonchev–Trinajstić information content (AvgIpc) is 2.27. The van der Waals surface area contributed by atoms with E-state index >= 15 is 0 Å². The maximum absolute atomic E-state index is 11.1. The Hall–Kier alpha value is -0.870. The summed E-state index contributed by atoms with van der Waals surface area (Å²) in [5, 5.41) is 0. The first-order valence-corrected chi connectivity index (χ1v) is 6.30. The number of rotatable bonds is 9. The Labute approximate surface area is 105 Å². The van der Waals surface area contributed by atoms with Gasteiger partial charge in [0.15, 0.2) is 0 Å². The topological polar surface area (TPSA) is 32.8 Å². The van der Waals surface area contributed by atoms with Crippen molar-refractivity contribution in [2.75, 3.05) is 46.9 Å². The number of carbonyl (C=O) groups excluding carboxylic acids is 1. The molecule has 4 heteroatoms. The van der Waals surface area contributed by atoms with Crippen molar-refractivity contribution in [3.05, 3.63) is 12.2 Å². The summed E-state index contributed by atoms with van der Waals surface area (Å²) >= 11 is 0. The van der Waals surface area contributed by atoms with E-state index in [4.69, 9.17) is 4.74 Å². The molecule has 0 bridgehead atoms. The van der Waals surface area contributed by atoms with Gasteiger partial charge < -0.3 is 9.64 Å². The summed E-state index contributed by atoms with van der Waals surface area (Å²) in [6, 6.07) is 0. The van der Waals surface area contributed by atoms with E-state index in [0.717, 1.165) is 32.6 Å². The third-order valence-electron chi connectivity index (χ3n) is 2.43. The highest BCUT2D eigenvalue weighted by molar-refractivity contribution is 5.81. The molecule has 0 fully saturated rings. The van der Waals surface area contributed by atoms with Crippen LogP contribution in [0, 0.1) is 0 Å². The number of hydrogen-bond donors (Lipinski definition) is 0. The first-order chi connectivity index (χ1) is 8.10. The number of hydrogen-bond acceptors (Lipinski definition) is 4. The number of carbonyl (C=O) groups is 1. The van der Waals surface area contributed by atoms with Crippen LogP contribution in [0.2, 0.25) is 0 Å². The molecular formula is C13H26N2O2. The number of nitrogens with zero attached hydrogens (tertiary/aromatic N) is 2. The summed E-state index contributed by atoms with van der Waals surface area (Å²) in [6.45, 7) is 8.34. The highest BCUT2D eigenvalue weighted by atomic mass is 16.5. The highest BCUT2D eigenvalue weighted by Crippen LogP contribution is 1.94. The second kappa shape index (κ2) is 10.3. The molecule has 0 aliphatic heterocycles. The maximum Gasteiger partial charge on any atom is 0.330 e. The van der Waals surface area contributed by atoms with Gasteiger partial charge in [-0.2, -0.15) is 0 Å². The van der Waals surface area contributed by atoms with Gasteiger partial charge in [-0.25, -0.2) is 4.79 Å². The van der Waals surface area contributed by atoms with Crippen molar-refractivity contribution < 1.29 is 9.53 Å². The van der Waals surface area contributed by atoms with E-state index in [0.29, 0.717) is 6.61 Å². The molecule has 0 rings (SSSR count). The molecule has 0 aromatic heterocycles. The van der Waals surface area contributed by atoms with Gasteiger partial charge in [-0.1, -0.05) is 13.0 Å². The summed E-state index contributed by atoms with van der Waals surface area (Å²) < 4.78 is 4.82. The van der Waals surface area contributed by atoms with Crippen LogP contribution in [0.4, 0.5) is 0 Å². The minimum absolute atomic E-state index is 0.253. The van der Waals surface area contributed by atoms with E-state index in [9.17, 15) is 4.79 Å². The van der Waals surface area contributed by atoms with Gasteiger partial charge in [-0.3, -0.25) is 4.90 Å². The highest BCUT2D eigenvalue weighted by Gasteiger charge is 2.00. The zero-order chi connectivity index (χ0) is 13.1. The monoisotopic (exact) mass is 242 g/mol. The first-order valence-electron chi connectivity index (χ1n) is 6.30. The molecule has 0 aliphatic carbocycles. The fraction of sp³-hybridized carbons (Fsp3) is 0.769. The quantitative estimate of drug-likeness (QED) is 0.452. The molecule has 0 unspecified atom stereocenters. The minimum atomic E-state index is -0.253. The Balaban J connectivity index is 3.77. The summed E-state index contributed by atoms with van der Waals surface area (Å²) in [7, 11) is 4.16. The fourth-order valence-electron chi connectivity index (χ4n) is 1.48. The lowest BCUT2D eigenvalue weighted by molar-refractivity contribution is -0.137. The molecule has 0 spiro atoms. The predicted octanol–water partition coefficient (Wildman–Crippen LogP) is 1.38. The molecule has 4 nitrogen and oxygen atoms in total. The molecule has 0 amide bonds. The van der Waals surface area contributed by atoms with Gasteiger partial charge >= 0.3 is 5.97 Å². The van der Waals surface area contributed by atoms with E-state index in [1.165, 1.54) is 6.08 Å². The molecule has 0 N–H and O–H groups in total. The van der Waals surface area contributed by atoms with E-state index in [2.05, 4.69) is 30.8 Å². The molecule has 0 aliphatic rings. The zero-order valence-electron chi connectivity index (χ0n) is 11.6. The van der Waals surface area contributed by atoms with Crippen molar-refractivity contribution in [1.82, 2.24) is 9.80 Å². The molecule has 100 valence electrons. The van der Waals surface area contributed by atoms with Crippen molar-refractivity contribution >= 4 is 5.97 Å². The molecule has 0 atom stereocenters. The number of ether oxygens (including phenoxy) is 1. The van der Waals surface area contributed by atoms with Crippen LogP contribution in [0.1, 0.15) is 20.3 Å². The van der Waals surface area contributed by atoms with Crippen LogP contribution in [0.3, 0.4) is 0 Å². The van der Waals surface area contributed by atoms with Gasteiger partial charge in [0.1, 0.15) is 0 Å². The SMILES string of the molecule is CCOC(=O)/C=C/CN(CC)CCCN(C)C. The Bertz CT molecular complexity index is 227. The van der Waals surface area contributed by atoms with Gasteiger partial charge in [0, 0.05) is 12.6 Å². The molecule has 0 saturated heterocycles. The lowest BCUT2D eigenvalue weighted by Crippen LogP contribution is -2.27. The molecule has 0 heterocycles. The van der Waals surface area contributed by atoms with Gasteiger partial charge in [-0.15, -0.1) is 0 Å². The number of esters is 1. The minimum Gasteiger partial charge on any atom is -0.463 e. The first kappa shape index (κ1) is 16.1. The van der Waals surface area contributed by atoms with Crippen LogP contribution in [0.15, 0.2) is 12.2 Å². The molecule has 0 aromatic rings. The fourth-order valence-corrected chi connectivity index (χ4v) is 1.48. The van der Waals surface area contributed by atoms with Crippen molar-refractivity contribution in [3.8, 4) is 0 Å². The van der Waals surface area contributed by atoms with Gasteiger partial charge in [0.25, 0.3) is 0 Å². The zero-order valence-corrected chi connectivity index (χ0v) is 11.6.